The summed E-state index contributed by atoms with van der Waals surface area (Å²) < 4.78 is 0. The van der Waals surface area contributed by atoms with Crippen molar-refractivity contribution >= 4 is 23.6 Å². The van der Waals surface area contributed by atoms with Crippen molar-refractivity contribution in [1.82, 2.24) is 5.32 Å². The van der Waals surface area contributed by atoms with E-state index in [1.54, 1.807) is 11.8 Å². The largest absolute Gasteiger partial charge is 0.480 e. The molecule has 2 N–H and O–H groups in total. The number of hydrogen-bond donors (Lipinski definition) is 2. The van der Waals surface area contributed by atoms with Crippen LogP contribution in [0.2, 0.25) is 0 Å². The highest BCUT2D eigenvalue weighted by atomic mass is 32.2. The molecule has 4 nitrogen and oxygen atoms in total. The molecule has 70 valence electrons. The number of carboxylic acid groups (broad SMARTS) is 1. The Morgan fingerprint density at radius 2 is 2.17 bits per heavy atom. The van der Waals surface area contributed by atoms with Gasteiger partial charge in [0.15, 0.2) is 0 Å². The predicted octanol–water partition coefficient (Wildman–Crippen LogP) is 0.330. The molecule has 0 bridgehead atoms. The summed E-state index contributed by atoms with van der Waals surface area (Å²) in [5.41, 5.74) is 0. The number of hydrogen-bond acceptors (Lipinski definition) is 3. The Hall–Kier alpha value is -0.710. The summed E-state index contributed by atoms with van der Waals surface area (Å²) in [5, 5.41) is 10.5. The molecular weight excluding hydrogens is 178 g/mol. The van der Waals surface area contributed by atoms with Crippen LogP contribution in [-0.2, 0) is 9.59 Å². The third-order valence-electron chi connectivity index (χ3n) is 1.11. The standard InChI is InChI=1S/C7H13NO3S/c1-2-12-4-3-6(9)8-5-7(10)11/h2-5H2,1H3,(H,8,9)(H,10,11). The minimum Gasteiger partial charge on any atom is -0.480 e. The van der Waals surface area contributed by atoms with Crippen molar-refractivity contribution in [2.75, 3.05) is 18.1 Å². The second-order valence-corrected chi connectivity index (χ2v) is 3.51. The summed E-state index contributed by atoms with van der Waals surface area (Å²) in [5.74, 6) is 0.526. The van der Waals surface area contributed by atoms with E-state index in [9.17, 15) is 9.59 Å². The monoisotopic (exact) mass is 191 g/mol. The molecule has 0 aliphatic rings. The first-order chi connectivity index (χ1) is 5.66. The van der Waals surface area contributed by atoms with Gasteiger partial charge in [0.25, 0.3) is 0 Å². The molecule has 0 radical (unpaired) electrons. The van der Waals surface area contributed by atoms with Crippen molar-refractivity contribution in [3.8, 4) is 0 Å². The van der Waals surface area contributed by atoms with Crippen LogP contribution in [0.3, 0.4) is 0 Å². The Labute approximate surface area is 75.7 Å². The number of carbonyl (C=O) groups excluding carboxylic acids is 1. The first-order valence-electron chi connectivity index (χ1n) is 3.73. The average Bonchev–Trinajstić information content (AvgIpc) is 2.01. The first-order valence-corrected chi connectivity index (χ1v) is 4.88. The van der Waals surface area contributed by atoms with E-state index in [2.05, 4.69) is 5.32 Å². The SMILES string of the molecule is CCSCCC(=O)NCC(=O)O. The van der Waals surface area contributed by atoms with Crippen LogP contribution < -0.4 is 5.32 Å². The molecule has 0 aromatic heterocycles. The molecule has 0 aromatic carbocycles. The molecule has 5 heteroatoms. The van der Waals surface area contributed by atoms with Crippen LogP contribution >= 0.6 is 11.8 Å². The number of amides is 1. The van der Waals surface area contributed by atoms with Crippen LogP contribution in [0.25, 0.3) is 0 Å². The van der Waals surface area contributed by atoms with Gasteiger partial charge in [-0.25, -0.2) is 0 Å². The maximum Gasteiger partial charge on any atom is 0.322 e. The van der Waals surface area contributed by atoms with Gasteiger partial charge in [-0.05, 0) is 5.75 Å². The number of carboxylic acids is 1. The molecule has 0 saturated carbocycles. The average molecular weight is 191 g/mol. The fourth-order valence-electron chi connectivity index (χ4n) is 0.572. The molecule has 0 heterocycles. The normalized spacial score (nSPS) is 9.42. The maximum absolute atomic E-state index is 10.8. The van der Waals surface area contributed by atoms with E-state index >= 15 is 0 Å². The predicted molar refractivity (Wildman–Crippen MR) is 48.3 cm³/mol. The second kappa shape index (κ2) is 6.97. The second-order valence-electron chi connectivity index (χ2n) is 2.12. The molecular formula is C7H13NO3S. The molecule has 0 rings (SSSR count). The van der Waals surface area contributed by atoms with Gasteiger partial charge in [0.2, 0.25) is 5.91 Å². The number of aliphatic carboxylic acids is 1. The van der Waals surface area contributed by atoms with Gasteiger partial charge in [-0.15, -0.1) is 0 Å². The molecule has 0 unspecified atom stereocenters. The molecule has 12 heavy (non-hydrogen) atoms. The van der Waals surface area contributed by atoms with Crippen LogP contribution in [0.15, 0.2) is 0 Å². The Morgan fingerprint density at radius 3 is 2.67 bits per heavy atom. The van der Waals surface area contributed by atoms with Crippen molar-refractivity contribution in [2.24, 2.45) is 0 Å². The van der Waals surface area contributed by atoms with Gasteiger partial charge in [0.05, 0.1) is 0 Å². The summed E-state index contributed by atoms with van der Waals surface area (Å²) in [7, 11) is 0. The number of nitrogens with one attached hydrogen (secondary N) is 1. The minimum atomic E-state index is -1.01. The lowest BCUT2D eigenvalue weighted by atomic mass is 10.4. The van der Waals surface area contributed by atoms with Crippen LogP contribution in [0.5, 0.6) is 0 Å². The Kier molecular flexibility index (Phi) is 6.55. The fraction of sp³-hybridized carbons (Fsp3) is 0.714. The molecule has 0 aliphatic heterocycles. The van der Waals surface area contributed by atoms with Crippen molar-refractivity contribution in [3.63, 3.8) is 0 Å². The summed E-state index contributed by atoms with van der Waals surface area (Å²) in [4.78, 5) is 20.8. The number of thioether (sulfide) groups is 1. The van der Waals surface area contributed by atoms with Crippen LogP contribution in [0, 0.1) is 0 Å². The van der Waals surface area contributed by atoms with Crippen molar-refractivity contribution < 1.29 is 14.7 Å². The third kappa shape index (κ3) is 7.40. The highest BCUT2D eigenvalue weighted by Gasteiger charge is 2.02. The smallest absolute Gasteiger partial charge is 0.322 e. The summed E-state index contributed by atoms with van der Waals surface area (Å²) in [6.07, 6.45) is 0.395. The van der Waals surface area contributed by atoms with Crippen LogP contribution in [-0.4, -0.2) is 35.0 Å². The van der Waals surface area contributed by atoms with Gasteiger partial charge >= 0.3 is 5.97 Å². The molecule has 0 spiro atoms. The zero-order valence-electron chi connectivity index (χ0n) is 7.00. The minimum absolute atomic E-state index is 0.196. The van der Waals surface area contributed by atoms with E-state index in [1.165, 1.54) is 0 Å². The lowest BCUT2D eigenvalue weighted by molar-refractivity contribution is -0.137. The first kappa shape index (κ1) is 11.3. The Morgan fingerprint density at radius 1 is 1.50 bits per heavy atom. The van der Waals surface area contributed by atoms with Crippen molar-refractivity contribution in [1.29, 1.82) is 0 Å². The van der Waals surface area contributed by atoms with Crippen LogP contribution in [0.4, 0.5) is 0 Å². The number of carbonyl (C=O) groups is 2. The maximum atomic E-state index is 10.8. The van der Waals surface area contributed by atoms with E-state index in [4.69, 9.17) is 5.11 Å². The molecule has 0 saturated heterocycles. The summed E-state index contributed by atoms with van der Waals surface area (Å²) in [6.45, 7) is 1.73. The van der Waals surface area contributed by atoms with Gasteiger partial charge in [-0.3, -0.25) is 9.59 Å². The van der Waals surface area contributed by atoms with Gasteiger partial charge in [0.1, 0.15) is 6.54 Å². The molecule has 0 fully saturated rings. The third-order valence-corrected chi connectivity index (χ3v) is 2.02. The van der Waals surface area contributed by atoms with Gasteiger partial charge in [-0.1, -0.05) is 6.92 Å². The molecule has 0 aliphatic carbocycles. The lowest BCUT2D eigenvalue weighted by Crippen LogP contribution is -2.29. The van der Waals surface area contributed by atoms with Crippen molar-refractivity contribution in [2.45, 2.75) is 13.3 Å². The number of rotatable bonds is 6. The van der Waals surface area contributed by atoms with Gasteiger partial charge < -0.3 is 10.4 Å². The van der Waals surface area contributed by atoms with Gasteiger partial charge in [-0.2, -0.15) is 11.8 Å². The molecule has 1 amide bonds. The van der Waals surface area contributed by atoms with E-state index in [1.807, 2.05) is 6.92 Å². The Balaban J connectivity index is 3.28. The van der Waals surface area contributed by atoms with E-state index in [0.717, 1.165) is 11.5 Å². The van der Waals surface area contributed by atoms with E-state index < -0.39 is 5.97 Å². The van der Waals surface area contributed by atoms with Gasteiger partial charge in [0, 0.05) is 12.2 Å². The van der Waals surface area contributed by atoms with Crippen molar-refractivity contribution in [3.05, 3.63) is 0 Å². The zero-order chi connectivity index (χ0) is 9.40. The Bertz CT molecular complexity index is 161. The molecule has 0 atom stereocenters. The lowest BCUT2D eigenvalue weighted by Gasteiger charge is -2.00. The molecule has 0 aromatic rings. The summed E-state index contributed by atoms with van der Waals surface area (Å²) >= 11 is 1.66. The highest BCUT2D eigenvalue weighted by molar-refractivity contribution is 7.99. The summed E-state index contributed by atoms with van der Waals surface area (Å²) in [6, 6.07) is 0. The topological polar surface area (TPSA) is 66.4 Å². The quantitative estimate of drug-likeness (QED) is 0.594. The zero-order valence-corrected chi connectivity index (χ0v) is 7.82. The highest BCUT2D eigenvalue weighted by Crippen LogP contribution is 1.99. The fourth-order valence-corrected chi connectivity index (χ4v) is 1.19. The van der Waals surface area contributed by atoms with Crippen LogP contribution in [0.1, 0.15) is 13.3 Å². The van der Waals surface area contributed by atoms with E-state index in [-0.39, 0.29) is 12.5 Å². The van der Waals surface area contributed by atoms with E-state index in [0.29, 0.717) is 6.42 Å².